The molecule has 0 aliphatic carbocycles. The molecule has 1 N–H and O–H groups in total. The van der Waals surface area contributed by atoms with Crippen LogP contribution in [0.25, 0.3) is 6.08 Å². The first-order valence-corrected chi connectivity index (χ1v) is 8.16. The van der Waals surface area contributed by atoms with Crippen molar-refractivity contribution in [3.05, 3.63) is 58.3 Å². The van der Waals surface area contributed by atoms with Crippen molar-refractivity contribution < 1.29 is 12.9 Å². The summed E-state index contributed by atoms with van der Waals surface area (Å²) >= 11 is 0. The highest BCUT2D eigenvalue weighted by atomic mass is 32.2. The van der Waals surface area contributed by atoms with Crippen LogP contribution < -0.4 is 4.72 Å². The molecule has 5 nitrogen and oxygen atoms in total. The van der Waals surface area contributed by atoms with Crippen molar-refractivity contribution in [3.63, 3.8) is 0 Å². The number of rotatable bonds is 6. The molecule has 21 heavy (non-hydrogen) atoms. The normalized spacial score (nSPS) is 12.1. The molecule has 1 aromatic heterocycles. The zero-order chi connectivity index (χ0) is 15.3. The lowest BCUT2D eigenvalue weighted by molar-refractivity contribution is 0.379. The van der Waals surface area contributed by atoms with Crippen LogP contribution in [0.2, 0.25) is 0 Å². The second-order valence-electron chi connectivity index (χ2n) is 4.84. The quantitative estimate of drug-likeness (QED) is 0.889. The average Bonchev–Trinajstić information content (AvgIpc) is 2.84. The summed E-state index contributed by atoms with van der Waals surface area (Å²) in [5, 5.41) is 4.92. The Kier molecular flexibility index (Phi) is 4.93. The van der Waals surface area contributed by atoms with Gasteiger partial charge in [0.2, 0.25) is 10.0 Å². The molecule has 0 aliphatic rings. The van der Waals surface area contributed by atoms with Crippen molar-refractivity contribution in [2.75, 3.05) is 6.54 Å². The third kappa shape index (κ3) is 5.17. The van der Waals surface area contributed by atoms with E-state index >= 15 is 0 Å². The van der Waals surface area contributed by atoms with Gasteiger partial charge in [0.1, 0.15) is 5.76 Å². The standard InChI is InChI=1S/C15H18N2O3S/c1-12-3-5-14(6-4-12)8-10-21(18,19)16-9-7-15-11-13(2)17-20-15/h3-6,8,10-11,16H,7,9H2,1-2H3/b10-8+. The highest BCUT2D eigenvalue weighted by molar-refractivity contribution is 7.92. The number of aromatic nitrogens is 1. The van der Waals surface area contributed by atoms with E-state index in [1.165, 1.54) is 5.41 Å². The molecule has 0 radical (unpaired) electrons. The van der Waals surface area contributed by atoms with Crippen LogP contribution in [0.4, 0.5) is 0 Å². The Labute approximate surface area is 124 Å². The van der Waals surface area contributed by atoms with Gasteiger partial charge in [-0.3, -0.25) is 0 Å². The first kappa shape index (κ1) is 15.5. The van der Waals surface area contributed by atoms with Gasteiger partial charge in [-0.25, -0.2) is 13.1 Å². The van der Waals surface area contributed by atoms with Crippen molar-refractivity contribution in [2.24, 2.45) is 0 Å². The maximum absolute atomic E-state index is 11.8. The number of nitrogens with one attached hydrogen (secondary N) is 1. The fourth-order valence-corrected chi connectivity index (χ4v) is 2.56. The number of hydrogen-bond acceptors (Lipinski definition) is 4. The van der Waals surface area contributed by atoms with Crippen molar-refractivity contribution in [1.82, 2.24) is 9.88 Å². The molecule has 0 saturated heterocycles. The summed E-state index contributed by atoms with van der Waals surface area (Å²) in [6.07, 6.45) is 2.04. The predicted octanol–water partition coefficient (Wildman–Crippen LogP) is 2.42. The van der Waals surface area contributed by atoms with E-state index in [2.05, 4.69) is 9.88 Å². The molecule has 0 spiro atoms. The summed E-state index contributed by atoms with van der Waals surface area (Å²) < 4.78 is 31.2. The van der Waals surface area contributed by atoms with Crippen molar-refractivity contribution >= 4 is 16.1 Å². The molecule has 6 heteroatoms. The molecule has 1 aromatic carbocycles. The average molecular weight is 306 g/mol. The number of sulfonamides is 1. The van der Waals surface area contributed by atoms with E-state index in [9.17, 15) is 8.42 Å². The van der Waals surface area contributed by atoms with Crippen molar-refractivity contribution in [1.29, 1.82) is 0 Å². The number of hydrogen-bond donors (Lipinski definition) is 1. The largest absolute Gasteiger partial charge is 0.361 e. The highest BCUT2D eigenvalue weighted by Gasteiger charge is 2.06. The second-order valence-corrected chi connectivity index (χ2v) is 6.49. The van der Waals surface area contributed by atoms with Gasteiger partial charge in [0, 0.05) is 24.4 Å². The van der Waals surface area contributed by atoms with E-state index in [0.29, 0.717) is 12.2 Å². The number of nitrogens with zero attached hydrogens (tertiary/aromatic N) is 1. The third-order valence-corrected chi connectivity index (χ3v) is 3.97. The molecule has 0 amide bonds. The summed E-state index contributed by atoms with van der Waals surface area (Å²) in [6, 6.07) is 9.41. The summed E-state index contributed by atoms with van der Waals surface area (Å²) in [4.78, 5) is 0. The van der Waals surface area contributed by atoms with Crippen LogP contribution in [0.1, 0.15) is 22.6 Å². The van der Waals surface area contributed by atoms with Crippen LogP contribution in [0, 0.1) is 13.8 Å². The van der Waals surface area contributed by atoms with Crippen LogP contribution in [-0.2, 0) is 16.4 Å². The summed E-state index contributed by atoms with van der Waals surface area (Å²) in [5.74, 6) is 0.665. The fraction of sp³-hybridized carbons (Fsp3) is 0.267. The van der Waals surface area contributed by atoms with Gasteiger partial charge in [0.25, 0.3) is 0 Å². The van der Waals surface area contributed by atoms with E-state index in [-0.39, 0.29) is 6.54 Å². The Balaban J connectivity index is 1.88. The Morgan fingerprint density at radius 1 is 1.24 bits per heavy atom. The molecule has 0 atom stereocenters. The van der Waals surface area contributed by atoms with Crippen LogP contribution in [0.5, 0.6) is 0 Å². The summed E-state index contributed by atoms with van der Waals surface area (Å²) in [6.45, 7) is 4.08. The molecular formula is C15H18N2O3S. The SMILES string of the molecule is Cc1ccc(/C=C/S(=O)(=O)NCCc2cc(C)no2)cc1. The lowest BCUT2D eigenvalue weighted by Crippen LogP contribution is -2.23. The molecule has 0 bridgehead atoms. The first-order valence-electron chi connectivity index (χ1n) is 6.61. The highest BCUT2D eigenvalue weighted by Crippen LogP contribution is 2.06. The lowest BCUT2D eigenvalue weighted by atomic mass is 10.2. The van der Waals surface area contributed by atoms with Crippen molar-refractivity contribution in [2.45, 2.75) is 20.3 Å². The van der Waals surface area contributed by atoms with Gasteiger partial charge in [-0.15, -0.1) is 0 Å². The Morgan fingerprint density at radius 3 is 2.57 bits per heavy atom. The Bertz CT molecular complexity index is 716. The summed E-state index contributed by atoms with van der Waals surface area (Å²) in [5.41, 5.74) is 2.76. The summed E-state index contributed by atoms with van der Waals surface area (Å²) in [7, 11) is -3.45. The number of benzene rings is 1. The molecule has 112 valence electrons. The molecule has 2 aromatic rings. The minimum absolute atomic E-state index is 0.273. The zero-order valence-electron chi connectivity index (χ0n) is 12.0. The fourth-order valence-electron chi connectivity index (χ4n) is 1.74. The van der Waals surface area contributed by atoms with E-state index in [1.807, 2.05) is 38.1 Å². The van der Waals surface area contributed by atoms with Gasteiger partial charge in [-0.2, -0.15) is 0 Å². The minimum atomic E-state index is -3.45. The van der Waals surface area contributed by atoms with Crippen molar-refractivity contribution in [3.8, 4) is 0 Å². The monoisotopic (exact) mass is 306 g/mol. The van der Waals surface area contributed by atoms with Crippen LogP contribution >= 0.6 is 0 Å². The molecule has 1 heterocycles. The van der Waals surface area contributed by atoms with Gasteiger partial charge >= 0.3 is 0 Å². The van der Waals surface area contributed by atoms with Gasteiger partial charge < -0.3 is 4.52 Å². The first-order chi connectivity index (χ1) is 9.94. The molecule has 0 aliphatic heterocycles. The van der Waals surface area contributed by atoms with E-state index in [1.54, 1.807) is 12.1 Å². The molecule has 0 fully saturated rings. The second kappa shape index (κ2) is 6.69. The zero-order valence-corrected chi connectivity index (χ0v) is 12.9. The molecule has 0 unspecified atom stereocenters. The van der Waals surface area contributed by atoms with Gasteiger partial charge in [-0.05, 0) is 25.5 Å². The maximum atomic E-state index is 11.8. The molecule has 0 saturated carbocycles. The minimum Gasteiger partial charge on any atom is -0.361 e. The predicted molar refractivity (Wildman–Crippen MR) is 82.1 cm³/mol. The topological polar surface area (TPSA) is 72.2 Å². The lowest BCUT2D eigenvalue weighted by Gasteiger charge is -2.01. The smallest absolute Gasteiger partial charge is 0.233 e. The molecule has 2 rings (SSSR count). The Morgan fingerprint density at radius 2 is 1.95 bits per heavy atom. The Hall–Kier alpha value is -1.92. The third-order valence-electron chi connectivity index (χ3n) is 2.87. The van der Waals surface area contributed by atoms with Gasteiger partial charge in [-0.1, -0.05) is 35.0 Å². The van der Waals surface area contributed by atoms with Gasteiger partial charge in [0.05, 0.1) is 5.69 Å². The van der Waals surface area contributed by atoms with Crippen LogP contribution in [0.15, 0.2) is 40.3 Å². The van der Waals surface area contributed by atoms with Gasteiger partial charge in [0.15, 0.2) is 0 Å². The number of aryl methyl sites for hydroxylation is 2. The van der Waals surface area contributed by atoms with Crippen LogP contribution in [0.3, 0.4) is 0 Å². The maximum Gasteiger partial charge on any atom is 0.233 e. The van der Waals surface area contributed by atoms with Crippen LogP contribution in [-0.4, -0.2) is 20.1 Å². The van der Waals surface area contributed by atoms with E-state index in [4.69, 9.17) is 4.52 Å². The molecular weight excluding hydrogens is 288 g/mol. The van der Waals surface area contributed by atoms with E-state index in [0.717, 1.165) is 16.8 Å². The van der Waals surface area contributed by atoms with E-state index < -0.39 is 10.0 Å².